The van der Waals surface area contributed by atoms with Crippen molar-refractivity contribution in [2.45, 2.75) is 51.5 Å². The summed E-state index contributed by atoms with van der Waals surface area (Å²) in [7, 11) is 0. The second kappa shape index (κ2) is 8.83. The summed E-state index contributed by atoms with van der Waals surface area (Å²) in [5.41, 5.74) is 2.39. The first kappa shape index (κ1) is 18.4. The highest BCUT2D eigenvalue weighted by molar-refractivity contribution is 5.81. The van der Waals surface area contributed by atoms with Crippen LogP contribution in [0.2, 0.25) is 0 Å². The molecule has 1 aliphatic heterocycles. The molecule has 0 radical (unpaired) electrons. The molecule has 0 N–H and O–H groups in total. The monoisotopic (exact) mass is 365 g/mol. The Bertz CT molecular complexity index is 756. The summed E-state index contributed by atoms with van der Waals surface area (Å²) in [6.07, 6.45) is 10.5. The molecule has 0 atom stereocenters. The van der Waals surface area contributed by atoms with Crippen LogP contribution in [0.15, 0.2) is 36.5 Å². The summed E-state index contributed by atoms with van der Waals surface area (Å²) < 4.78 is 0. The molecule has 1 aromatic carbocycles. The third-order valence-corrected chi connectivity index (χ3v) is 6.33. The molecular formula is C23H31N3O. The average molecular weight is 366 g/mol. The lowest BCUT2D eigenvalue weighted by molar-refractivity contribution is -0.133. The van der Waals surface area contributed by atoms with Gasteiger partial charge in [0.2, 0.25) is 5.91 Å². The minimum atomic E-state index is 0.368. The van der Waals surface area contributed by atoms with E-state index in [0.29, 0.717) is 5.91 Å². The van der Waals surface area contributed by atoms with Crippen molar-refractivity contribution in [2.24, 2.45) is 5.92 Å². The Morgan fingerprint density at radius 3 is 2.59 bits per heavy atom. The molecule has 0 unspecified atom stereocenters. The van der Waals surface area contributed by atoms with E-state index in [1.165, 1.54) is 43.1 Å². The number of piperazine rings is 1. The zero-order valence-electron chi connectivity index (χ0n) is 16.3. The van der Waals surface area contributed by atoms with Gasteiger partial charge in [-0.2, -0.15) is 0 Å². The van der Waals surface area contributed by atoms with E-state index < -0.39 is 0 Å². The number of rotatable bonds is 5. The fourth-order valence-electron chi connectivity index (χ4n) is 4.65. The van der Waals surface area contributed by atoms with Crippen LogP contribution in [0, 0.1) is 5.92 Å². The van der Waals surface area contributed by atoms with Gasteiger partial charge in [-0.3, -0.25) is 14.7 Å². The van der Waals surface area contributed by atoms with Crippen molar-refractivity contribution in [2.75, 3.05) is 26.2 Å². The molecule has 1 saturated heterocycles. The Morgan fingerprint density at radius 1 is 1.00 bits per heavy atom. The van der Waals surface area contributed by atoms with Gasteiger partial charge >= 0.3 is 0 Å². The first-order chi connectivity index (χ1) is 13.3. The summed E-state index contributed by atoms with van der Waals surface area (Å²) in [6, 6.07) is 10.5. The van der Waals surface area contributed by atoms with E-state index in [4.69, 9.17) is 0 Å². The van der Waals surface area contributed by atoms with Crippen LogP contribution >= 0.6 is 0 Å². The van der Waals surface area contributed by atoms with E-state index in [2.05, 4.69) is 39.0 Å². The molecule has 144 valence electrons. The van der Waals surface area contributed by atoms with Gasteiger partial charge < -0.3 is 4.90 Å². The molecule has 2 heterocycles. The molecule has 2 fully saturated rings. The van der Waals surface area contributed by atoms with Gasteiger partial charge in [-0.1, -0.05) is 56.4 Å². The number of pyridine rings is 1. The Balaban J connectivity index is 1.26. The molecule has 1 saturated carbocycles. The lowest BCUT2D eigenvalue weighted by Gasteiger charge is -2.35. The molecule has 0 spiro atoms. The second-order valence-electron chi connectivity index (χ2n) is 8.19. The predicted octanol–water partition coefficient (Wildman–Crippen LogP) is 4.24. The number of carbonyl (C=O) groups is 1. The number of nitrogens with zero attached hydrogens (tertiary/aromatic N) is 3. The summed E-state index contributed by atoms with van der Waals surface area (Å²) in [5, 5.41) is 1.20. The number of hydrogen-bond acceptors (Lipinski definition) is 3. The maximum atomic E-state index is 12.6. The molecule has 1 amide bonds. The van der Waals surface area contributed by atoms with Crippen molar-refractivity contribution in [3.63, 3.8) is 0 Å². The largest absolute Gasteiger partial charge is 0.340 e. The molecule has 27 heavy (non-hydrogen) atoms. The Hall–Kier alpha value is -1.94. The fourth-order valence-corrected chi connectivity index (χ4v) is 4.65. The third kappa shape index (κ3) is 4.67. The molecule has 1 aromatic heterocycles. The van der Waals surface area contributed by atoms with Gasteiger partial charge in [0.1, 0.15) is 0 Å². The molecule has 1 aliphatic carbocycles. The maximum absolute atomic E-state index is 12.6. The smallest absolute Gasteiger partial charge is 0.222 e. The zero-order chi connectivity index (χ0) is 18.5. The maximum Gasteiger partial charge on any atom is 0.222 e. The van der Waals surface area contributed by atoms with Crippen LogP contribution in [0.25, 0.3) is 10.9 Å². The van der Waals surface area contributed by atoms with Crippen LogP contribution in [0.1, 0.15) is 50.5 Å². The Kier molecular flexibility index (Phi) is 6.03. The predicted molar refractivity (Wildman–Crippen MR) is 109 cm³/mol. The van der Waals surface area contributed by atoms with Crippen molar-refractivity contribution in [1.82, 2.24) is 14.8 Å². The number of amides is 1. The van der Waals surface area contributed by atoms with Crippen molar-refractivity contribution in [3.05, 3.63) is 42.1 Å². The quantitative estimate of drug-likeness (QED) is 0.795. The number of para-hydroxylation sites is 1. The summed E-state index contributed by atoms with van der Waals surface area (Å²) in [6.45, 7) is 4.55. The van der Waals surface area contributed by atoms with E-state index in [1.54, 1.807) is 0 Å². The normalized spacial score (nSPS) is 19.5. The van der Waals surface area contributed by atoms with Crippen LogP contribution in [-0.2, 0) is 11.3 Å². The van der Waals surface area contributed by atoms with Crippen molar-refractivity contribution < 1.29 is 4.79 Å². The van der Waals surface area contributed by atoms with Crippen molar-refractivity contribution >= 4 is 16.8 Å². The minimum absolute atomic E-state index is 0.368. The summed E-state index contributed by atoms with van der Waals surface area (Å²) >= 11 is 0. The molecule has 4 nitrogen and oxygen atoms in total. The fraction of sp³-hybridized carbons (Fsp3) is 0.565. The Morgan fingerprint density at radius 2 is 1.78 bits per heavy atom. The SMILES string of the molecule is O=C(CCC1CCCCC1)N1CCN(Cc2cccc3cccnc23)CC1. The van der Waals surface area contributed by atoms with Gasteiger partial charge in [0.15, 0.2) is 0 Å². The van der Waals surface area contributed by atoms with Crippen LogP contribution in [0.3, 0.4) is 0 Å². The minimum Gasteiger partial charge on any atom is -0.340 e. The van der Waals surface area contributed by atoms with Crippen LogP contribution < -0.4 is 0 Å². The van der Waals surface area contributed by atoms with E-state index >= 15 is 0 Å². The molecule has 2 aromatic rings. The lowest BCUT2D eigenvalue weighted by Crippen LogP contribution is -2.48. The zero-order valence-corrected chi connectivity index (χ0v) is 16.3. The highest BCUT2D eigenvalue weighted by atomic mass is 16.2. The lowest BCUT2D eigenvalue weighted by atomic mass is 9.86. The number of benzene rings is 1. The first-order valence-electron chi connectivity index (χ1n) is 10.6. The highest BCUT2D eigenvalue weighted by Crippen LogP contribution is 2.27. The topological polar surface area (TPSA) is 36.4 Å². The van der Waals surface area contributed by atoms with Crippen LogP contribution in [-0.4, -0.2) is 46.9 Å². The number of hydrogen-bond donors (Lipinski definition) is 0. The van der Waals surface area contributed by atoms with Gasteiger partial charge in [-0.15, -0.1) is 0 Å². The highest BCUT2D eigenvalue weighted by Gasteiger charge is 2.23. The number of fused-ring (bicyclic) bond motifs is 1. The number of aromatic nitrogens is 1. The van der Waals surface area contributed by atoms with Gasteiger partial charge in [-0.05, 0) is 24.0 Å². The van der Waals surface area contributed by atoms with Gasteiger partial charge in [-0.25, -0.2) is 0 Å². The summed E-state index contributed by atoms with van der Waals surface area (Å²) in [5.74, 6) is 1.16. The molecule has 2 aliphatic rings. The molecule has 4 rings (SSSR count). The van der Waals surface area contributed by atoms with Gasteiger partial charge in [0.05, 0.1) is 5.52 Å². The van der Waals surface area contributed by atoms with Crippen LogP contribution in [0.4, 0.5) is 0 Å². The van der Waals surface area contributed by atoms with Crippen LogP contribution in [0.5, 0.6) is 0 Å². The molecular weight excluding hydrogens is 334 g/mol. The standard InChI is InChI=1S/C23H31N3O/c27-22(12-11-19-6-2-1-3-7-19)26-16-14-25(15-17-26)18-21-9-4-8-20-10-5-13-24-23(20)21/h4-5,8-10,13,19H,1-3,6-7,11-12,14-18H2. The molecule has 0 bridgehead atoms. The molecule has 4 heteroatoms. The van der Waals surface area contributed by atoms with E-state index in [1.807, 2.05) is 12.3 Å². The van der Waals surface area contributed by atoms with Crippen molar-refractivity contribution in [3.8, 4) is 0 Å². The number of carbonyl (C=O) groups excluding carboxylic acids is 1. The second-order valence-corrected chi connectivity index (χ2v) is 8.19. The van der Waals surface area contributed by atoms with Gasteiger partial charge in [0, 0.05) is 50.7 Å². The van der Waals surface area contributed by atoms with Gasteiger partial charge in [0.25, 0.3) is 0 Å². The van der Waals surface area contributed by atoms with E-state index in [0.717, 1.165) is 57.0 Å². The van der Waals surface area contributed by atoms with Crippen molar-refractivity contribution in [1.29, 1.82) is 0 Å². The average Bonchev–Trinajstić information content (AvgIpc) is 2.74. The Labute approximate surface area is 162 Å². The third-order valence-electron chi connectivity index (χ3n) is 6.33. The summed E-state index contributed by atoms with van der Waals surface area (Å²) in [4.78, 5) is 21.7. The van der Waals surface area contributed by atoms with E-state index in [-0.39, 0.29) is 0 Å². The van der Waals surface area contributed by atoms with E-state index in [9.17, 15) is 4.79 Å². The first-order valence-corrected chi connectivity index (χ1v) is 10.6.